The first kappa shape index (κ1) is 10.8. The predicted molar refractivity (Wildman–Crippen MR) is 61.1 cm³/mol. The van der Waals surface area contributed by atoms with E-state index in [0.29, 0.717) is 16.0 Å². The van der Waals surface area contributed by atoms with E-state index < -0.39 is 0 Å². The standard InChI is InChI=1S/C10H8BrN3O2/c1-6-8(16-5-13-6)10(15)14-7-3-2-4-12-9(7)11/h2-5H,1H3,(H,14,15). The molecule has 0 atom stereocenters. The highest BCUT2D eigenvalue weighted by molar-refractivity contribution is 9.10. The van der Waals surface area contributed by atoms with Crippen LogP contribution in [0.2, 0.25) is 0 Å². The van der Waals surface area contributed by atoms with Crippen molar-refractivity contribution in [2.45, 2.75) is 6.92 Å². The Balaban J connectivity index is 2.21. The van der Waals surface area contributed by atoms with Gasteiger partial charge in [-0.15, -0.1) is 0 Å². The largest absolute Gasteiger partial charge is 0.438 e. The molecule has 6 heteroatoms. The van der Waals surface area contributed by atoms with Gasteiger partial charge >= 0.3 is 0 Å². The number of carbonyl (C=O) groups excluding carboxylic acids is 1. The van der Waals surface area contributed by atoms with Crippen LogP contribution in [0, 0.1) is 6.92 Å². The molecular weight excluding hydrogens is 274 g/mol. The second kappa shape index (κ2) is 4.44. The summed E-state index contributed by atoms with van der Waals surface area (Å²) in [6, 6.07) is 3.47. The molecule has 0 unspecified atom stereocenters. The Morgan fingerprint density at radius 2 is 2.31 bits per heavy atom. The van der Waals surface area contributed by atoms with Crippen LogP contribution in [0.3, 0.4) is 0 Å². The molecule has 2 aromatic heterocycles. The van der Waals surface area contributed by atoms with Gasteiger partial charge in [-0.3, -0.25) is 4.79 Å². The van der Waals surface area contributed by atoms with Crippen molar-refractivity contribution in [3.8, 4) is 0 Å². The normalized spacial score (nSPS) is 10.1. The summed E-state index contributed by atoms with van der Waals surface area (Å²) < 4.78 is 5.55. The molecule has 0 saturated carbocycles. The van der Waals surface area contributed by atoms with E-state index in [4.69, 9.17) is 4.42 Å². The molecule has 82 valence electrons. The average Bonchev–Trinajstić information content (AvgIpc) is 2.68. The Hall–Kier alpha value is -1.69. The molecule has 16 heavy (non-hydrogen) atoms. The summed E-state index contributed by atoms with van der Waals surface area (Å²) in [4.78, 5) is 19.6. The molecule has 0 aliphatic carbocycles. The first-order valence-corrected chi connectivity index (χ1v) is 5.29. The Morgan fingerprint density at radius 3 is 2.94 bits per heavy atom. The molecule has 0 aliphatic heterocycles. The van der Waals surface area contributed by atoms with Crippen LogP contribution in [-0.4, -0.2) is 15.9 Å². The van der Waals surface area contributed by atoms with E-state index in [1.54, 1.807) is 25.3 Å². The summed E-state index contributed by atoms with van der Waals surface area (Å²) in [6.45, 7) is 1.71. The molecule has 0 fully saturated rings. The third kappa shape index (κ3) is 2.11. The fourth-order valence-electron chi connectivity index (χ4n) is 1.18. The highest BCUT2D eigenvalue weighted by Crippen LogP contribution is 2.19. The Kier molecular flexibility index (Phi) is 3.00. The Labute approximate surface area is 100 Å². The van der Waals surface area contributed by atoms with Gasteiger partial charge in [-0.1, -0.05) is 0 Å². The number of oxazole rings is 1. The zero-order chi connectivity index (χ0) is 11.5. The molecule has 2 aromatic rings. The molecular formula is C10H8BrN3O2. The van der Waals surface area contributed by atoms with Crippen LogP contribution in [0.25, 0.3) is 0 Å². The SMILES string of the molecule is Cc1ncoc1C(=O)Nc1cccnc1Br. The molecule has 5 nitrogen and oxygen atoms in total. The van der Waals surface area contributed by atoms with E-state index in [-0.39, 0.29) is 11.7 Å². The minimum atomic E-state index is -0.344. The van der Waals surface area contributed by atoms with E-state index in [1.165, 1.54) is 6.39 Å². The van der Waals surface area contributed by atoms with Gasteiger partial charge in [0.1, 0.15) is 4.60 Å². The monoisotopic (exact) mass is 281 g/mol. The van der Waals surface area contributed by atoms with Gasteiger partial charge in [0.25, 0.3) is 5.91 Å². The maximum atomic E-state index is 11.8. The lowest BCUT2D eigenvalue weighted by Gasteiger charge is -2.04. The highest BCUT2D eigenvalue weighted by atomic mass is 79.9. The van der Waals surface area contributed by atoms with Crippen LogP contribution < -0.4 is 5.32 Å². The van der Waals surface area contributed by atoms with E-state index in [9.17, 15) is 4.79 Å². The number of carbonyl (C=O) groups is 1. The van der Waals surface area contributed by atoms with Crippen molar-refractivity contribution in [2.24, 2.45) is 0 Å². The van der Waals surface area contributed by atoms with E-state index >= 15 is 0 Å². The number of hydrogen-bond donors (Lipinski definition) is 1. The molecule has 0 radical (unpaired) electrons. The summed E-state index contributed by atoms with van der Waals surface area (Å²) >= 11 is 3.23. The lowest BCUT2D eigenvalue weighted by molar-refractivity contribution is 0.0995. The first-order chi connectivity index (χ1) is 7.68. The van der Waals surface area contributed by atoms with Gasteiger partial charge in [0.05, 0.1) is 11.4 Å². The molecule has 1 amide bonds. The molecule has 0 bridgehead atoms. The zero-order valence-electron chi connectivity index (χ0n) is 8.40. The van der Waals surface area contributed by atoms with Crippen LogP contribution in [-0.2, 0) is 0 Å². The van der Waals surface area contributed by atoms with Gasteiger partial charge in [-0.05, 0) is 35.0 Å². The Morgan fingerprint density at radius 1 is 1.50 bits per heavy atom. The van der Waals surface area contributed by atoms with Crippen LogP contribution in [0.4, 0.5) is 5.69 Å². The summed E-state index contributed by atoms with van der Waals surface area (Å²) in [6.07, 6.45) is 2.86. The van der Waals surface area contributed by atoms with Crippen molar-refractivity contribution in [1.29, 1.82) is 0 Å². The lowest BCUT2D eigenvalue weighted by atomic mass is 10.3. The number of aryl methyl sites for hydroxylation is 1. The number of hydrogen-bond acceptors (Lipinski definition) is 4. The van der Waals surface area contributed by atoms with E-state index in [0.717, 1.165) is 0 Å². The number of nitrogens with one attached hydrogen (secondary N) is 1. The molecule has 2 rings (SSSR count). The van der Waals surface area contributed by atoms with Crippen molar-refractivity contribution in [1.82, 2.24) is 9.97 Å². The molecule has 0 aromatic carbocycles. The quantitative estimate of drug-likeness (QED) is 0.859. The fraction of sp³-hybridized carbons (Fsp3) is 0.100. The Bertz CT molecular complexity index is 524. The maximum Gasteiger partial charge on any atom is 0.293 e. The third-order valence-corrected chi connectivity index (χ3v) is 2.59. The minimum Gasteiger partial charge on any atom is -0.438 e. The van der Waals surface area contributed by atoms with E-state index in [1.807, 2.05) is 0 Å². The average molecular weight is 282 g/mol. The van der Waals surface area contributed by atoms with Crippen LogP contribution in [0.1, 0.15) is 16.2 Å². The van der Waals surface area contributed by atoms with Crippen molar-refractivity contribution in [3.05, 3.63) is 40.8 Å². The molecule has 0 aliphatic rings. The van der Waals surface area contributed by atoms with Crippen molar-refractivity contribution in [2.75, 3.05) is 5.32 Å². The van der Waals surface area contributed by atoms with Crippen LogP contribution >= 0.6 is 15.9 Å². The summed E-state index contributed by atoms with van der Waals surface area (Å²) in [5.41, 5.74) is 1.14. The highest BCUT2D eigenvalue weighted by Gasteiger charge is 2.14. The molecule has 1 N–H and O–H groups in total. The summed E-state index contributed by atoms with van der Waals surface area (Å²) in [7, 11) is 0. The molecule has 0 saturated heterocycles. The van der Waals surface area contributed by atoms with Crippen LogP contribution in [0.15, 0.2) is 33.7 Å². The second-order valence-electron chi connectivity index (χ2n) is 3.06. The number of nitrogens with zero attached hydrogens (tertiary/aromatic N) is 2. The van der Waals surface area contributed by atoms with Gasteiger partial charge in [0.2, 0.25) is 5.76 Å². The smallest absolute Gasteiger partial charge is 0.293 e. The second-order valence-corrected chi connectivity index (χ2v) is 3.81. The van der Waals surface area contributed by atoms with Crippen molar-refractivity contribution < 1.29 is 9.21 Å². The summed E-state index contributed by atoms with van der Waals surface area (Å²) in [5, 5.41) is 2.67. The predicted octanol–water partition coefficient (Wildman–Crippen LogP) is 2.39. The number of amides is 1. The van der Waals surface area contributed by atoms with Crippen molar-refractivity contribution >= 4 is 27.5 Å². The zero-order valence-corrected chi connectivity index (χ0v) is 9.98. The van der Waals surface area contributed by atoms with Crippen molar-refractivity contribution in [3.63, 3.8) is 0 Å². The van der Waals surface area contributed by atoms with E-state index in [2.05, 4.69) is 31.2 Å². The fourth-order valence-corrected chi connectivity index (χ4v) is 1.53. The number of halogens is 1. The van der Waals surface area contributed by atoms with Crippen LogP contribution in [0.5, 0.6) is 0 Å². The number of aromatic nitrogens is 2. The van der Waals surface area contributed by atoms with Gasteiger partial charge in [0, 0.05) is 6.20 Å². The van der Waals surface area contributed by atoms with Gasteiger partial charge in [-0.25, -0.2) is 9.97 Å². The topological polar surface area (TPSA) is 68.0 Å². The maximum absolute atomic E-state index is 11.8. The first-order valence-electron chi connectivity index (χ1n) is 4.50. The number of anilines is 1. The van der Waals surface area contributed by atoms with Gasteiger partial charge in [-0.2, -0.15) is 0 Å². The summed E-state index contributed by atoms with van der Waals surface area (Å²) in [5.74, 6) is -0.139. The van der Waals surface area contributed by atoms with Gasteiger partial charge in [0.15, 0.2) is 6.39 Å². The van der Waals surface area contributed by atoms with Gasteiger partial charge < -0.3 is 9.73 Å². The minimum absolute atomic E-state index is 0.204. The number of pyridine rings is 1. The molecule has 0 spiro atoms. The molecule has 2 heterocycles. The third-order valence-electron chi connectivity index (χ3n) is 1.96. The number of rotatable bonds is 2. The lowest BCUT2D eigenvalue weighted by Crippen LogP contribution is -2.12.